The predicted molar refractivity (Wildman–Crippen MR) is 79.7 cm³/mol. The van der Waals surface area contributed by atoms with Crippen LogP contribution < -0.4 is 0 Å². The van der Waals surface area contributed by atoms with Gasteiger partial charge < -0.3 is 5.11 Å². The molecule has 0 heterocycles. The lowest BCUT2D eigenvalue weighted by Crippen LogP contribution is -1.88. The summed E-state index contributed by atoms with van der Waals surface area (Å²) in [4.78, 5) is 2.13. The average molecular weight is 281 g/mol. The molecule has 3 heteroatoms. The molecule has 0 unspecified atom stereocenters. The van der Waals surface area contributed by atoms with E-state index < -0.39 is 0 Å². The Labute approximate surface area is 123 Å². The highest BCUT2D eigenvalue weighted by molar-refractivity contribution is 7.99. The molecule has 1 aliphatic rings. The lowest BCUT2D eigenvalue weighted by molar-refractivity contribution is 0.281. The van der Waals surface area contributed by atoms with Crippen molar-refractivity contribution < 1.29 is 5.11 Å². The van der Waals surface area contributed by atoms with Crippen molar-refractivity contribution in [3.63, 3.8) is 0 Å². The molecule has 100 valence electrons. The van der Waals surface area contributed by atoms with Crippen molar-refractivity contribution in [1.82, 2.24) is 0 Å². The number of aliphatic hydroxyl groups excluding tert-OH is 1. The molecule has 3 rings (SSSR count). The van der Waals surface area contributed by atoms with Gasteiger partial charge in [-0.05, 0) is 60.2 Å². The van der Waals surface area contributed by atoms with Crippen molar-refractivity contribution >= 4 is 11.8 Å². The summed E-state index contributed by atoms with van der Waals surface area (Å²) in [6, 6.07) is 14.3. The lowest BCUT2D eigenvalue weighted by atomic mass is 10.1. The Bertz CT molecular complexity index is 688. The van der Waals surface area contributed by atoms with Gasteiger partial charge in [0.1, 0.15) is 6.07 Å². The van der Waals surface area contributed by atoms with Crippen LogP contribution >= 0.6 is 11.8 Å². The van der Waals surface area contributed by atoms with E-state index in [4.69, 9.17) is 5.11 Å². The van der Waals surface area contributed by atoms with Gasteiger partial charge in [0.05, 0.1) is 12.2 Å². The molecule has 0 bridgehead atoms. The molecule has 1 aliphatic carbocycles. The highest BCUT2D eigenvalue weighted by Gasteiger charge is 2.12. The number of benzene rings is 2. The maximum Gasteiger partial charge on any atom is 0.100 e. The standard InChI is InChI=1S/C17H15NOS/c18-10-15-8-12(11-19)4-7-17(15)20-16-6-5-13-2-1-3-14(13)9-16/h4-9,19H,1-3,11H2. The first-order chi connectivity index (χ1) is 9.80. The van der Waals surface area contributed by atoms with E-state index in [0.29, 0.717) is 5.56 Å². The van der Waals surface area contributed by atoms with Gasteiger partial charge in [-0.25, -0.2) is 0 Å². The number of rotatable bonds is 3. The number of aliphatic hydroxyl groups is 1. The smallest absolute Gasteiger partial charge is 0.100 e. The molecular formula is C17H15NOS. The molecule has 0 saturated carbocycles. The number of fused-ring (bicyclic) bond motifs is 1. The maximum atomic E-state index is 9.23. The number of nitriles is 1. The van der Waals surface area contributed by atoms with E-state index in [2.05, 4.69) is 24.3 Å². The Kier molecular flexibility index (Phi) is 3.77. The predicted octanol–water partition coefficient (Wildman–Crippen LogP) is 3.69. The summed E-state index contributed by atoms with van der Waals surface area (Å²) >= 11 is 1.62. The third-order valence-electron chi connectivity index (χ3n) is 3.64. The Morgan fingerprint density at radius 2 is 1.95 bits per heavy atom. The van der Waals surface area contributed by atoms with Crippen molar-refractivity contribution in [3.05, 3.63) is 58.7 Å². The van der Waals surface area contributed by atoms with Gasteiger partial charge in [0, 0.05) is 9.79 Å². The van der Waals surface area contributed by atoms with Gasteiger partial charge in [-0.15, -0.1) is 0 Å². The SMILES string of the molecule is N#Cc1cc(CO)ccc1Sc1ccc2c(c1)CCC2. The lowest BCUT2D eigenvalue weighted by Gasteiger charge is -2.07. The minimum Gasteiger partial charge on any atom is -0.392 e. The molecule has 2 aromatic rings. The molecule has 1 N–H and O–H groups in total. The molecule has 20 heavy (non-hydrogen) atoms. The second-order valence-corrected chi connectivity index (χ2v) is 6.10. The fourth-order valence-corrected chi connectivity index (χ4v) is 3.53. The van der Waals surface area contributed by atoms with E-state index in [1.165, 1.54) is 28.9 Å². The van der Waals surface area contributed by atoms with Crippen molar-refractivity contribution in [2.24, 2.45) is 0 Å². The third kappa shape index (κ3) is 2.58. The van der Waals surface area contributed by atoms with Gasteiger partial charge in [-0.1, -0.05) is 23.9 Å². The number of hydrogen-bond donors (Lipinski definition) is 1. The maximum absolute atomic E-state index is 9.23. The Hall–Kier alpha value is -1.76. The highest BCUT2D eigenvalue weighted by Crippen LogP contribution is 2.34. The fourth-order valence-electron chi connectivity index (χ4n) is 2.59. The van der Waals surface area contributed by atoms with E-state index in [1.807, 2.05) is 12.1 Å². The Morgan fingerprint density at radius 1 is 1.10 bits per heavy atom. The minimum absolute atomic E-state index is 0.0293. The monoisotopic (exact) mass is 281 g/mol. The largest absolute Gasteiger partial charge is 0.392 e. The zero-order chi connectivity index (χ0) is 13.9. The van der Waals surface area contributed by atoms with Gasteiger partial charge in [-0.3, -0.25) is 0 Å². The van der Waals surface area contributed by atoms with Crippen molar-refractivity contribution in [3.8, 4) is 6.07 Å². The zero-order valence-corrected chi connectivity index (χ0v) is 11.9. The summed E-state index contributed by atoms with van der Waals surface area (Å²) in [5, 5.41) is 18.4. The van der Waals surface area contributed by atoms with Crippen LogP contribution in [0.3, 0.4) is 0 Å². The van der Waals surface area contributed by atoms with Gasteiger partial charge >= 0.3 is 0 Å². The second kappa shape index (κ2) is 5.70. The number of aryl methyl sites for hydroxylation is 2. The van der Waals surface area contributed by atoms with Crippen LogP contribution in [0.1, 0.15) is 28.7 Å². The van der Waals surface area contributed by atoms with Gasteiger partial charge in [0.15, 0.2) is 0 Å². The van der Waals surface area contributed by atoms with Crippen molar-refractivity contribution in [2.45, 2.75) is 35.7 Å². The first kappa shape index (κ1) is 13.2. The normalized spacial score (nSPS) is 13.0. The van der Waals surface area contributed by atoms with Crippen LogP contribution in [0.5, 0.6) is 0 Å². The number of hydrogen-bond acceptors (Lipinski definition) is 3. The van der Waals surface area contributed by atoms with E-state index in [1.54, 1.807) is 17.8 Å². The van der Waals surface area contributed by atoms with Crippen molar-refractivity contribution in [1.29, 1.82) is 5.26 Å². The topological polar surface area (TPSA) is 44.0 Å². The molecule has 0 aliphatic heterocycles. The average Bonchev–Trinajstić information content (AvgIpc) is 2.95. The summed E-state index contributed by atoms with van der Waals surface area (Å²) < 4.78 is 0. The van der Waals surface area contributed by atoms with Gasteiger partial charge in [0.2, 0.25) is 0 Å². The summed E-state index contributed by atoms with van der Waals surface area (Å²) in [7, 11) is 0. The Balaban J connectivity index is 1.90. The number of nitrogens with zero attached hydrogens (tertiary/aromatic N) is 1. The molecule has 0 spiro atoms. The van der Waals surface area contributed by atoms with Crippen LogP contribution in [-0.2, 0) is 19.4 Å². The first-order valence-corrected chi connectivity index (χ1v) is 7.55. The van der Waals surface area contributed by atoms with Crippen LogP contribution in [0.25, 0.3) is 0 Å². The van der Waals surface area contributed by atoms with Crippen LogP contribution in [-0.4, -0.2) is 5.11 Å². The Morgan fingerprint density at radius 3 is 2.75 bits per heavy atom. The summed E-state index contributed by atoms with van der Waals surface area (Å²) in [6.07, 6.45) is 3.60. The van der Waals surface area contributed by atoms with Crippen molar-refractivity contribution in [2.75, 3.05) is 0 Å². The summed E-state index contributed by atoms with van der Waals surface area (Å²) in [6.45, 7) is -0.0293. The second-order valence-electron chi connectivity index (χ2n) is 4.99. The van der Waals surface area contributed by atoms with Gasteiger partial charge in [0.25, 0.3) is 0 Å². The molecule has 0 radical (unpaired) electrons. The molecule has 2 nitrogen and oxygen atoms in total. The zero-order valence-electron chi connectivity index (χ0n) is 11.1. The molecular weight excluding hydrogens is 266 g/mol. The minimum atomic E-state index is -0.0293. The molecule has 0 fully saturated rings. The van der Waals surface area contributed by atoms with Gasteiger partial charge in [-0.2, -0.15) is 5.26 Å². The molecule has 0 aromatic heterocycles. The third-order valence-corrected chi connectivity index (χ3v) is 4.71. The highest BCUT2D eigenvalue weighted by atomic mass is 32.2. The van der Waals surface area contributed by atoms with Crippen LogP contribution in [0.4, 0.5) is 0 Å². The summed E-state index contributed by atoms with van der Waals surface area (Å²) in [5.41, 5.74) is 4.31. The van der Waals surface area contributed by atoms with Crippen LogP contribution in [0.15, 0.2) is 46.2 Å². The molecule has 2 aromatic carbocycles. The molecule has 0 saturated heterocycles. The summed E-state index contributed by atoms with van der Waals surface area (Å²) in [5.74, 6) is 0. The molecule has 0 atom stereocenters. The van der Waals surface area contributed by atoms with E-state index in [0.717, 1.165) is 16.9 Å². The van der Waals surface area contributed by atoms with E-state index in [9.17, 15) is 5.26 Å². The van der Waals surface area contributed by atoms with E-state index >= 15 is 0 Å². The van der Waals surface area contributed by atoms with E-state index in [-0.39, 0.29) is 6.61 Å². The van der Waals surface area contributed by atoms with Crippen LogP contribution in [0.2, 0.25) is 0 Å². The first-order valence-electron chi connectivity index (χ1n) is 6.73. The molecule has 0 amide bonds. The van der Waals surface area contributed by atoms with Crippen LogP contribution in [0, 0.1) is 11.3 Å². The fraction of sp³-hybridized carbons (Fsp3) is 0.235. The quantitative estimate of drug-likeness (QED) is 0.933.